The van der Waals surface area contributed by atoms with E-state index in [9.17, 15) is 4.79 Å². The quantitative estimate of drug-likeness (QED) is 0.806. The van der Waals surface area contributed by atoms with Gasteiger partial charge in [0.25, 0.3) is 5.91 Å². The summed E-state index contributed by atoms with van der Waals surface area (Å²) in [4.78, 5) is 19.6. The van der Waals surface area contributed by atoms with Gasteiger partial charge in [-0.15, -0.1) is 0 Å². The maximum absolute atomic E-state index is 11.2. The molecule has 2 aromatic heterocycles. The molecule has 0 saturated carbocycles. The molecule has 0 spiro atoms. The topological polar surface area (TPSA) is 82.0 Å². The van der Waals surface area contributed by atoms with Gasteiger partial charge in [-0.2, -0.15) is 0 Å². The minimum absolute atomic E-state index is 0.107. The van der Waals surface area contributed by atoms with Crippen LogP contribution in [0.2, 0.25) is 5.02 Å². The summed E-state index contributed by atoms with van der Waals surface area (Å²) in [5, 5.41) is 1.53. The fourth-order valence-corrected chi connectivity index (χ4v) is 2.36. The number of oxazole rings is 1. The van der Waals surface area contributed by atoms with E-state index in [0.29, 0.717) is 23.0 Å². The summed E-state index contributed by atoms with van der Waals surface area (Å²) in [6.07, 6.45) is 2.08. The number of aryl methyl sites for hydroxylation is 1. The lowest BCUT2D eigenvalue weighted by molar-refractivity contribution is 0.0971. The van der Waals surface area contributed by atoms with E-state index in [-0.39, 0.29) is 5.76 Å². The summed E-state index contributed by atoms with van der Waals surface area (Å²) in [7, 11) is 0. The van der Waals surface area contributed by atoms with Crippen LogP contribution in [0.5, 0.6) is 0 Å². The molecule has 0 radical (unpaired) electrons. The number of amides is 1. The zero-order valence-electron chi connectivity index (χ0n) is 11.3. The van der Waals surface area contributed by atoms with Crippen LogP contribution in [0.15, 0.2) is 34.9 Å². The van der Waals surface area contributed by atoms with E-state index < -0.39 is 5.91 Å². The Kier molecular flexibility index (Phi) is 3.35. The molecule has 106 valence electrons. The fourth-order valence-electron chi connectivity index (χ4n) is 2.20. The molecule has 21 heavy (non-hydrogen) atoms. The van der Waals surface area contributed by atoms with Gasteiger partial charge in [0.1, 0.15) is 0 Å². The van der Waals surface area contributed by atoms with Gasteiger partial charge in [-0.1, -0.05) is 17.7 Å². The molecule has 0 aliphatic rings. The standard InChI is InChI=1S/C15H12ClN3O2/c1-8-14(15(17)20)21-13(19-8)5-9-2-3-12-10(4-9)6-11(16)7-18-12/h2-4,6-7H,5H2,1H3,(H2,17,20). The highest BCUT2D eigenvalue weighted by Gasteiger charge is 2.14. The normalized spacial score (nSPS) is 11.0. The lowest BCUT2D eigenvalue weighted by Crippen LogP contribution is -2.10. The van der Waals surface area contributed by atoms with Gasteiger partial charge in [-0.3, -0.25) is 9.78 Å². The summed E-state index contributed by atoms with van der Waals surface area (Å²) in [6, 6.07) is 7.67. The van der Waals surface area contributed by atoms with Crippen molar-refractivity contribution in [2.45, 2.75) is 13.3 Å². The van der Waals surface area contributed by atoms with Gasteiger partial charge in [0, 0.05) is 18.0 Å². The monoisotopic (exact) mass is 301 g/mol. The number of nitrogens with two attached hydrogens (primary N) is 1. The molecule has 5 nitrogen and oxygen atoms in total. The third-order valence-corrected chi connectivity index (χ3v) is 3.34. The van der Waals surface area contributed by atoms with Crippen LogP contribution in [-0.2, 0) is 6.42 Å². The summed E-state index contributed by atoms with van der Waals surface area (Å²) < 4.78 is 5.39. The Morgan fingerprint density at radius 2 is 2.19 bits per heavy atom. The first kappa shape index (κ1) is 13.6. The molecular weight excluding hydrogens is 290 g/mol. The third-order valence-electron chi connectivity index (χ3n) is 3.13. The highest BCUT2D eigenvalue weighted by molar-refractivity contribution is 6.31. The molecule has 0 bridgehead atoms. The van der Waals surface area contributed by atoms with E-state index in [1.165, 1.54) is 0 Å². The summed E-state index contributed by atoms with van der Waals surface area (Å²) >= 11 is 5.95. The molecule has 3 rings (SSSR count). The maximum Gasteiger partial charge on any atom is 0.286 e. The Morgan fingerprint density at radius 3 is 2.90 bits per heavy atom. The second-order valence-electron chi connectivity index (χ2n) is 4.74. The van der Waals surface area contributed by atoms with Crippen LogP contribution in [-0.4, -0.2) is 15.9 Å². The largest absolute Gasteiger partial charge is 0.435 e. The summed E-state index contributed by atoms with van der Waals surface area (Å²) in [5.74, 6) is -0.0492. The molecule has 0 saturated heterocycles. The summed E-state index contributed by atoms with van der Waals surface area (Å²) in [5.41, 5.74) is 7.57. The number of rotatable bonds is 3. The lowest BCUT2D eigenvalue weighted by atomic mass is 10.1. The van der Waals surface area contributed by atoms with Crippen molar-refractivity contribution in [3.63, 3.8) is 0 Å². The van der Waals surface area contributed by atoms with Crippen LogP contribution in [0.4, 0.5) is 0 Å². The van der Waals surface area contributed by atoms with Gasteiger partial charge in [0.15, 0.2) is 5.89 Å². The predicted molar refractivity (Wildman–Crippen MR) is 79.3 cm³/mol. The van der Waals surface area contributed by atoms with Crippen LogP contribution in [0.3, 0.4) is 0 Å². The molecule has 2 N–H and O–H groups in total. The second-order valence-corrected chi connectivity index (χ2v) is 5.18. The average molecular weight is 302 g/mol. The molecule has 6 heteroatoms. The van der Waals surface area contributed by atoms with Crippen molar-refractivity contribution in [2.75, 3.05) is 0 Å². The highest BCUT2D eigenvalue weighted by Crippen LogP contribution is 2.20. The van der Waals surface area contributed by atoms with Crippen molar-refractivity contribution in [3.8, 4) is 0 Å². The van der Waals surface area contributed by atoms with Crippen molar-refractivity contribution in [1.82, 2.24) is 9.97 Å². The molecule has 1 amide bonds. The Balaban J connectivity index is 1.94. The second kappa shape index (κ2) is 5.18. The van der Waals surface area contributed by atoms with Gasteiger partial charge in [0.05, 0.1) is 16.2 Å². The maximum atomic E-state index is 11.2. The van der Waals surface area contributed by atoms with Gasteiger partial charge >= 0.3 is 0 Å². The van der Waals surface area contributed by atoms with Crippen LogP contribution in [0, 0.1) is 6.92 Å². The number of primary amides is 1. The van der Waals surface area contributed by atoms with Gasteiger partial charge in [-0.25, -0.2) is 4.98 Å². The number of benzene rings is 1. The molecule has 0 aliphatic heterocycles. The Hall–Kier alpha value is -2.40. The number of pyridine rings is 1. The minimum Gasteiger partial charge on any atom is -0.435 e. The highest BCUT2D eigenvalue weighted by atomic mass is 35.5. The van der Waals surface area contributed by atoms with Gasteiger partial charge < -0.3 is 10.2 Å². The number of carbonyl (C=O) groups is 1. The SMILES string of the molecule is Cc1nc(Cc2ccc3ncc(Cl)cc3c2)oc1C(N)=O. The molecule has 0 atom stereocenters. The summed E-state index contributed by atoms with van der Waals surface area (Å²) in [6.45, 7) is 1.69. The average Bonchev–Trinajstić information content (AvgIpc) is 2.79. The van der Waals surface area contributed by atoms with Crippen molar-refractivity contribution in [2.24, 2.45) is 5.73 Å². The van der Waals surface area contributed by atoms with Gasteiger partial charge in [0.2, 0.25) is 5.76 Å². The number of hydrogen-bond donors (Lipinski definition) is 1. The van der Waals surface area contributed by atoms with Crippen molar-refractivity contribution >= 4 is 28.4 Å². The van der Waals surface area contributed by atoms with Crippen molar-refractivity contribution in [3.05, 3.63) is 58.4 Å². The third kappa shape index (κ3) is 2.73. The van der Waals surface area contributed by atoms with E-state index in [4.69, 9.17) is 21.8 Å². The number of fused-ring (bicyclic) bond motifs is 1. The first-order chi connectivity index (χ1) is 10.0. The molecule has 0 unspecified atom stereocenters. The van der Waals surface area contributed by atoms with E-state index in [0.717, 1.165) is 16.5 Å². The Morgan fingerprint density at radius 1 is 1.38 bits per heavy atom. The molecule has 0 aliphatic carbocycles. The van der Waals surface area contributed by atoms with Crippen LogP contribution in [0.1, 0.15) is 27.7 Å². The number of halogens is 1. The van der Waals surface area contributed by atoms with Crippen molar-refractivity contribution < 1.29 is 9.21 Å². The predicted octanol–water partition coefficient (Wildman–Crippen LogP) is 2.87. The van der Waals surface area contributed by atoms with Gasteiger partial charge in [-0.05, 0) is 30.7 Å². The number of hydrogen-bond acceptors (Lipinski definition) is 4. The van der Waals surface area contributed by atoms with Crippen LogP contribution in [0.25, 0.3) is 10.9 Å². The molecular formula is C15H12ClN3O2. The number of aromatic nitrogens is 2. The molecule has 1 aromatic carbocycles. The van der Waals surface area contributed by atoms with Crippen LogP contribution >= 0.6 is 11.6 Å². The smallest absolute Gasteiger partial charge is 0.286 e. The molecule has 2 heterocycles. The number of nitrogens with zero attached hydrogens (tertiary/aromatic N) is 2. The number of carbonyl (C=O) groups excluding carboxylic acids is 1. The van der Waals surface area contributed by atoms with E-state index in [1.54, 1.807) is 13.1 Å². The molecule has 3 aromatic rings. The van der Waals surface area contributed by atoms with E-state index in [1.807, 2.05) is 24.3 Å². The molecule has 0 fully saturated rings. The minimum atomic E-state index is -0.610. The first-order valence-electron chi connectivity index (χ1n) is 6.33. The zero-order valence-corrected chi connectivity index (χ0v) is 12.0. The van der Waals surface area contributed by atoms with Crippen LogP contribution < -0.4 is 5.73 Å². The van der Waals surface area contributed by atoms with E-state index in [2.05, 4.69) is 9.97 Å². The fraction of sp³-hybridized carbons (Fsp3) is 0.133. The Bertz CT molecular complexity index is 842. The first-order valence-corrected chi connectivity index (χ1v) is 6.71. The lowest BCUT2D eigenvalue weighted by Gasteiger charge is -2.01. The zero-order chi connectivity index (χ0) is 15.0. The Labute approximate surface area is 125 Å². The van der Waals surface area contributed by atoms with Crippen molar-refractivity contribution in [1.29, 1.82) is 0 Å². The van der Waals surface area contributed by atoms with E-state index >= 15 is 0 Å².